The summed E-state index contributed by atoms with van der Waals surface area (Å²) in [5.74, 6) is 1.21. The second-order valence-electron chi connectivity index (χ2n) is 5.37. The summed E-state index contributed by atoms with van der Waals surface area (Å²) in [6.45, 7) is 2.60. The van der Waals surface area contributed by atoms with Gasteiger partial charge in [0.15, 0.2) is 5.96 Å². The molecule has 25 heavy (non-hydrogen) atoms. The lowest BCUT2D eigenvalue weighted by molar-refractivity contribution is 0.967. The van der Waals surface area contributed by atoms with Gasteiger partial charge in [0.1, 0.15) is 12.1 Å². The van der Waals surface area contributed by atoms with Crippen molar-refractivity contribution in [1.29, 1.82) is 0 Å². The second kappa shape index (κ2) is 9.16. The highest BCUT2D eigenvalue weighted by atomic mass is 127. The Labute approximate surface area is 164 Å². The van der Waals surface area contributed by atoms with Crippen molar-refractivity contribution in [3.05, 3.63) is 72.4 Å². The highest BCUT2D eigenvalue weighted by molar-refractivity contribution is 14.0. The first kappa shape index (κ1) is 18.9. The van der Waals surface area contributed by atoms with E-state index in [-0.39, 0.29) is 24.0 Å². The molecular weight excluding hydrogens is 427 g/mol. The second-order valence-corrected chi connectivity index (χ2v) is 5.37. The molecule has 2 aromatic heterocycles. The third kappa shape index (κ3) is 5.28. The highest BCUT2D eigenvalue weighted by Gasteiger charge is 1.99. The molecule has 0 bridgehead atoms. The molecule has 0 aliphatic heterocycles. The molecular formula is C18H21IN6. The lowest BCUT2D eigenvalue weighted by atomic mass is 10.1. The minimum Gasteiger partial charge on any atom is -0.370 e. The van der Waals surface area contributed by atoms with Crippen molar-refractivity contribution in [1.82, 2.24) is 14.5 Å². The number of hydrogen-bond donors (Lipinski definition) is 2. The van der Waals surface area contributed by atoms with Gasteiger partial charge < -0.3 is 11.1 Å². The molecule has 0 spiro atoms. The number of nitrogens with two attached hydrogens (primary N) is 1. The fourth-order valence-electron chi connectivity index (χ4n) is 2.29. The first-order valence-corrected chi connectivity index (χ1v) is 7.83. The summed E-state index contributed by atoms with van der Waals surface area (Å²) in [7, 11) is 0. The fourth-order valence-corrected chi connectivity index (χ4v) is 2.29. The average molecular weight is 448 g/mol. The van der Waals surface area contributed by atoms with Crippen molar-refractivity contribution in [2.45, 2.75) is 19.9 Å². The van der Waals surface area contributed by atoms with Gasteiger partial charge in [-0.05, 0) is 35.7 Å². The minimum atomic E-state index is 0. The van der Waals surface area contributed by atoms with Crippen LogP contribution in [0.15, 0.2) is 66.3 Å². The molecule has 1 aromatic carbocycles. The van der Waals surface area contributed by atoms with Crippen LogP contribution in [0, 0.1) is 0 Å². The van der Waals surface area contributed by atoms with Crippen molar-refractivity contribution in [2.75, 3.05) is 5.32 Å². The van der Waals surface area contributed by atoms with Crippen molar-refractivity contribution >= 4 is 35.6 Å². The van der Waals surface area contributed by atoms with Gasteiger partial charge in [0, 0.05) is 24.3 Å². The highest BCUT2D eigenvalue weighted by Crippen LogP contribution is 2.11. The number of aromatic nitrogens is 3. The predicted molar refractivity (Wildman–Crippen MR) is 112 cm³/mol. The summed E-state index contributed by atoms with van der Waals surface area (Å²) in [6.07, 6.45) is 8.07. The van der Waals surface area contributed by atoms with Crippen LogP contribution < -0.4 is 11.1 Å². The molecule has 3 rings (SSSR count). The molecule has 0 unspecified atom stereocenters. The SMILES string of the molecule is CCc1cccc(NC(N)=NCc2ccc(-n3ccnc3)nc2)c1.I. The van der Waals surface area contributed by atoms with Gasteiger partial charge in [-0.1, -0.05) is 25.1 Å². The number of rotatable bonds is 5. The number of nitrogens with zero attached hydrogens (tertiary/aromatic N) is 4. The molecule has 0 fully saturated rings. The number of pyridine rings is 1. The minimum absolute atomic E-state index is 0. The quantitative estimate of drug-likeness (QED) is 0.356. The number of guanidine groups is 1. The maximum absolute atomic E-state index is 5.96. The first-order valence-electron chi connectivity index (χ1n) is 7.83. The van der Waals surface area contributed by atoms with Crippen LogP contribution in [0.4, 0.5) is 5.69 Å². The average Bonchev–Trinajstić information content (AvgIpc) is 3.15. The van der Waals surface area contributed by atoms with Gasteiger partial charge in [-0.3, -0.25) is 4.57 Å². The van der Waals surface area contributed by atoms with E-state index >= 15 is 0 Å². The van der Waals surface area contributed by atoms with Crippen molar-refractivity contribution in [3.8, 4) is 5.82 Å². The third-order valence-electron chi connectivity index (χ3n) is 3.62. The van der Waals surface area contributed by atoms with Crippen LogP contribution in [0.3, 0.4) is 0 Å². The lowest BCUT2D eigenvalue weighted by Gasteiger charge is -2.07. The Kier molecular flexibility index (Phi) is 6.93. The van der Waals surface area contributed by atoms with Crippen molar-refractivity contribution in [2.24, 2.45) is 10.7 Å². The summed E-state index contributed by atoms with van der Waals surface area (Å²) in [6, 6.07) is 12.1. The maximum atomic E-state index is 5.96. The van der Waals surface area contributed by atoms with Crippen LogP contribution in [0.1, 0.15) is 18.1 Å². The van der Waals surface area contributed by atoms with Gasteiger partial charge in [0.25, 0.3) is 0 Å². The standard InChI is InChI=1S/C18H20N6.HI/c1-2-14-4-3-5-16(10-14)23-18(19)22-12-15-6-7-17(21-11-15)24-9-8-20-13-24;/h3-11,13H,2,12H2,1H3,(H3,19,22,23);1H. The summed E-state index contributed by atoms with van der Waals surface area (Å²) in [5.41, 5.74) is 9.15. The topological polar surface area (TPSA) is 81.1 Å². The largest absolute Gasteiger partial charge is 0.370 e. The molecule has 0 aliphatic rings. The van der Waals surface area contributed by atoms with Crippen molar-refractivity contribution in [3.63, 3.8) is 0 Å². The number of hydrogen-bond acceptors (Lipinski definition) is 3. The van der Waals surface area contributed by atoms with Gasteiger partial charge in [-0.15, -0.1) is 24.0 Å². The van der Waals surface area contributed by atoms with E-state index in [1.165, 1.54) is 5.56 Å². The predicted octanol–water partition coefficient (Wildman–Crippen LogP) is 3.37. The zero-order valence-corrected chi connectivity index (χ0v) is 16.3. The Balaban J connectivity index is 0.00000225. The Hall–Kier alpha value is -2.42. The van der Waals surface area contributed by atoms with Crippen LogP contribution in [0.25, 0.3) is 5.82 Å². The van der Waals surface area contributed by atoms with E-state index in [0.29, 0.717) is 12.5 Å². The zero-order chi connectivity index (χ0) is 16.8. The molecule has 0 radical (unpaired) electrons. The molecule has 3 aromatic rings. The lowest BCUT2D eigenvalue weighted by Crippen LogP contribution is -2.22. The zero-order valence-electron chi connectivity index (χ0n) is 14.0. The first-order chi connectivity index (χ1) is 11.7. The smallest absolute Gasteiger partial charge is 0.193 e. The molecule has 7 heteroatoms. The summed E-state index contributed by atoms with van der Waals surface area (Å²) in [5, 5.41) is 3.12. The number of imidazole rings is 1. The van der Waals surface area contributed by atoms with E-state index in [2.05, 4.69) is 39.3 Å². The monoisotopic (exact) mass is 448 g/mol. The molecule has 130 valence electrons. The number of aliphatic imine (C=N–C) groups is 1. The van der Waals surface area contributed by atoms with Crippen LogP contribution in [-0.2, 0) is 13.0 Å². The molecule has 0 aliphatic carbocycles. The van der Waals surface area contributed by atoms with Crippen LogP contribution >= 0.6 is 24.0 Å². The molecule has 3 N–H and O–H groups in total. The Morgan fingerprint density at radius 1 is 1.24 bits per heavy atom. The number of nitrogens with one attached hydrogen (secondary N) is 1. The van der Waals surface area contributed by atoms with Gasteiger partial charge in [-0.25, -0.2) is 15.0 Å². The molecule has 6 nitrogen and oxygen atoms in total. The van der Waals surface area contributed by atoms with Crippen LogP contribution in [-0.4, -0.2) is 20.5 Å². The molecule has 0 saturated heterocycles. The van der Waals surface area contributed by atoms with Gasteiger partial charge in [-0.2, -0.15) is 0 Å². The van der Waals surface area contributed by atoms with Crippen LogP contribution in [0.5, 0.6) is 0 Å². The number of aryl methyl sites for hydroxylation is 1. The van der Waals surface area contributed by atoms with E-state index in [0.717, 1.165) is 23.5 Å². The summed E-state index contributed by atoms with van der Waals surface area (Å²) >= 11 is 0. The van der Waals surface area contributed by atoms with E-state index in [9.17, 15) is 0 Å². The van der Waals surface area contributed by atoms with E-state index in [4.69, 9.17) is 5.73 Å². The number of anilines is 1. The summed E-state index contributed by atoms with van der Waals surface area (Å²) < 4.78 is 1.85. The molecule has 0 atom stereocenters. The van der Waals surface area contributed by atoms with Gasteiger partial charge in [0.05, 0.1) is 6.54 Å². The van der Waals surface area contributed by atoms with Gasteiger partial charge in [0.2, 0.25) is 0 Å². The van der Waals surface area contributed by atoms with E-state index in [1.54, 1.807) is 18.7 Å². The number of halogens is 1. The van der Waals surface area contributed by atoms with Gasteiger partial charge >= 0.3 is 0 Å². The number of benzene rings is 1. The molecule has 0 amide bonds. The van der Waals surface area contributed by atoms with Crippen molar-refractivity contribution < 1.29 is 0 Å². The van der Waals surface area contributed by atoms with E-state index in [1.807, 2.05) is 35.0 Å². The maximum Gasteiger partial charge on any atom is 0.193 e. The summed E-state index contributed by atoms with van der Waals surface area (Å²) in [4.78, 5) is 12.8. The van der Waals surface area contributed by atoms with E-state index < -0.39 is 0 Å². The molecule has 2 heterocycles. The fraction of sp³-hybridized carbons (Fsp3) is 0.167. The normalized spacial score (nSPS) is 11.0. The Morgan fingerprint density at radius 3 is 2.80 bits per heavy atom. The Bertz CT molecular complexity index is 812. The Morgan fingerprint density at radius 2 is 2.12 bits per heavy atom. The third-order valence-corrected chi connectivity index (χ3v) is 3.62. The van der Waals surface area contributed by atoms with Crippen LogP contribution in [0.2, 0.25) is 0 Å². The molecule has 0 saturated carbocycles.